The van der Waals surface area contributed by atoms with Crippen molar-refractivity contribution in [3.8, 4) is 10.6 Å². The first kappa shape index (κ1) is 9.91. The Morgan fingerprint density at radius 1 is 1.21 bits per heavy atom. The molecule has 6 heteroatoms. The molecule has 0 bridgehead atoms. The SMILES string of the molecule is Fc1cccc(F)c1-c1nc(I)ns1. The molecule has 0 saturated heterocycles. The van der Waals surface area contributed by atoms with Gasteiger partial charge in [0.25, 0.3) is 0 Å². The van der Waals surface area contributed by atoms with Crippen molar-refractivity contribution in [1.29, 1.82) is 0 Å². The van der Waals surface area contributed by atoms with E-state index >= 15 is 0 Å². The molecule has 1 aromatic carbocycles. The highest BCUT2D eigenvalue weighted by Gasteiger charge is 2.14. The van der Waals surface area contributed by atoms with Gasteiger partial charge in [-0.05, 0) is 23.7 Å². The zero-order valence-corrected chi connectivity index (χ0v) is 9.64. The lowest BCUT2D eigenvalue weighted by Crippen LogP contribution is -1.88. The van der Waals surface area contributed by atoms with Crippen LogP contribution in [0.3, 0.4) is 0 Å². The summed E-state index contributed by atoms with van der Waals surface area (Å²) in [6, 6.07) is 3.72. The summed E-state index contributed by atoms with van der Waals surface area (Å²) in [5, 5.41) is 0.269. The molecule has 72 valence electrons. The third kappa shape index (κ3) is 1.76. The minimum Gasteiger partial charge on any atom is -0.209 e. The minimum absolute atomic E-state index is 0.104. The quantitative estimate of drug-likeness (QED) is 0.754. The molecular weight excluding hydrogens is 321 g/mol. The first-order valence-electron chi connectivity index (χ1n) is 3.62. The molecule has 0 aliphatic carbocycles. The van der Waals surface area contributed by atoms with Crippen LogP contribution in [0.25, 0.3) is 10.6 Å². The second kappa shape index (κ2) is 3.85. The number of hydrogen-bond acceptors (Lipinski definition) is 3. The van der Waals surface area contributed by atoms with Crippen molar-refractivity contribution < 1.29 is 8.78 Å². The van der Waals surface area contributed by atoms with Crippen LogP contribution in [0.1, 0.15) is 0 Å². The summed E-state index contributed by atoms with van der Waals surface area (Å²) in [5.74, 6) is -1.23. The zero-order chi connectivity index (χ0) is 10.1. The van der Waals surface area contributed by atoms with Crippen LogP contribution in [0, 0.1) is 15.5 Å². The van der Waals surface area contributed by atoms with Gasteiger partial charge in [0.2, 0.25) is 3.83 Å². The third-order valence-electron chi connectivity index (χ3n) is 1.58. The van der Waals surface area contributed by atoms with Crippen LogP contribution in [0.4, 0.5) is 8.78 Å². The summed E-state index contributed by atoms with van der Waals surface area (Å²) < 4.78 is 30.8. The molecule has 2 aromatic rings. The summed E-state index contributed by atoms with van der Waals surface area (Å²) in [6.07, 6.45) is 0. The highest BCUT2D eigenvalue weighted by molar-refractivity contribution is 14.1. The van der Waals surface area contributed by atoms with Crippen molar-refractivity contribution in [2.45, 2.75) is 0 Å². The summed E-state index contributed by atoms with van der Waals surface area (Å²) in [6.45, 7) is 0. The predicted octanol–water partition coefficient (Wildman–Crippen LogP) is 3.09. The molecule has 2 rings (SSSR count). The monoisotopic (exact) mass is 324 g/mol. The van der Waals surface area contributed by atoms with E-state index in [4.69, 9.17) is 0 Å². The van der Waals surface area contributed by atoms with Gasteiger partial charge in [0.1, 0.15) is 11.6 Å². The molecule has 2 nitrogen and oxygen atoms in total. The van der Waals surface area contributed by atoms with E-state index in [9.17, 15) is 8.78 Å². The highest BCUT2D eigenvalue weighted by Crippen LogP contribution is 2.27. The largest absolute Gasteiger partial charge is 0.209 e. The van der Waals surface area contributed by atoms with Gasteiger partial charge in [-0.3, -0.25) is 0 Å². The van der Waals surface area contributed by atoms with Gasteiger partial charge >= 0.3 is 0 Å². The van der Waals surface area contributed by atoms with E-state index in [0.29, 0.717) is 3.83 Å². The van der Waals surface area contributed by atoms with Crippen molar-refractivity contribution in [3.63, 3.8) is 0 Å². The van der Waals surface area contributed by atoms with E-state index in [2.05, 4.69) is 9.36 Å². The second-order valence-corrected chi connectivity index (χ2v) is 4.18. The Bertz CT molecular complexity index is 452. The Balaban J connectivity index is 2.61. The van der Waals surface area contributed by atoms with Gasteiger partial charge in [-0.1, -0.05) is 6.07 Å². The van der Waals surface area contributed by atoms with E-state index in [-0.39, 0.29) is 10.6 Å². The average molecular weight is 324 g/mol. The lowest BCUT2D eigenvalue weighted by atomic mass is 10.2. The van der Waals surface area contributed by atoms with Crippen LogP contribution < -0.4 is 0 Å². The number of benzene rings is 1. The zero-order valence-electron chi connectivity index (χ0n) is 6.67. The number of halogens is 3. The van der Waals surface area contributed by atoms with Gasteiger partial charge in [-0.2, -0.15) is 4.37 Å². The number of nitrogens with zero attached hydrogens (tertiary/aromatic N) is 2. The molecule has 0 aliphatic heterocycles. The Hall–Kier alpha value is -0.630. The van der Waals surface area contributed by atoms with Crippen molar-refractivity contribution in [2.75, 3.05) is 0 Å². The minimum atomic E-state index is -0.613. The van der Waals surface area contributed by atoms with Crippen LogP contribution in [0.15, 0.2) is 18.2 Å². The molecule has 0 atom stereocenters. The fourth-order valence-electron chi connectivity index (χ4n) is 1.01. The molecule has 0 saturated carbocycles. The Morgan fingerprint density at radius 3 is 2.36 bits per heavy atom. The smallest absolute Gasteiger partial charge is 0.203 e. The maximum absolute atomic E-state index is 13.2. The molecule has 0 radical (unpaired) electrons. The van der Waals surface area contributed by atoms with E-state index in [1.54, 1.807) is 0 Å². The molecule has 0 N–H and O–H groups in total. The second-order valence-electron chi connectivity index (χ2n) is 2.47. The average Bonchev–Trinajstić information content (AvgIpc) is 2.51. The van der Waals surface area contributed by atoms with Gasteiger partial charge in [0, 0.05) is 22.6 Å². The van der Waals surface area contributed by atoms with Crippen LogP contribution in [0.5, 0.6) is 0 Å². The van der Waals surface area contributed by atoms with Gasteiger partial charge in [0.15, 0.2) is 5.01 Å². The lowest BCUT2D eigenvalue weighted by Gasteiger charge is -1.98. The molecular formula is C8H3F2IN2S. The van der Waals surface area contributed by atoms with Crippen LogP contribution >= 0.6 is 34.1 Å². The highest BCUT2D eigenvalue weighted by atomic mass is 127. The van der Waals surface area contributed by atoms with Crippen molar-refractivity contribution in [2.24, 2.45) is 0 Å². The summed E-state index contributed by atoms with van der Waals surface area (Å²) in [4.78, 5) is 3.92. The van der Waals surface area contributed by atoms with Crippen LogP contribution in [0.2, 0.25) is 0 Å². The van der Waals surface area contributed by atoms with Crippen LogP contribution in [-0.2, 0) is 0 Å². The molecule has 0 spiro atoms. The fourth-order valence-corrected chi connectivity index (χ4v) is 2.33. The molecule has 0 aliphatic rings. The molecule has 1 heterocycles. The number of hydrogen-bond donors (Lipinski definition) is 0. The van der Waals surface area contributed by atoms with Gasteiger partial charge < -0.3 is 0 Å². The molecule has 0 amide bonds. The first-order valence-corrected chi connectivity index (χ1v) is 5.47. The van der Waals surface area contributed by atoms with Gasteiger partial charge in [0.05, 0.1) is 5.56 Å². The first-order chi connectivity index (χ1) is 6.68. The fraction of sp³-hybridized carbons (Fsp3) is 0. The molecule has 14 heavy (non-hydrogen) atoms. The Kier molecular flexibility index (Phi) is 2.73. The summed E-state index contributed by atoms with van der Waals surface area (Å²) in [7, 11) is 0. The number of aromatic nitrogens is 2. The third-order valence-corrected chi connectivity index (χ3v) is 3.12. The Labute approximate surface area is 96.3 Å². The summed E-state index contributed by atoms with van der Waals surface area (Å²) in [5.41, 5.74) is -0.104. The lowest BCUT2D eigenvalue weighted by molar-refractivity contribution is 0.589. The van der Waals surface area contributed by atoms with Crippen molar-refractivity contribution >= 4 is 34.1 Å². The number of rotatable bonds is 1. The summed E-state index contributed by atoms with van der Waals surface area (Å²) >= 11 is 2.88. The maximum Gasteiger partial charge on any atom is 0.203 e. The maximum atomic E-state index is 13.2. The van der Waals surface area contributed by atoms with Crippen molar-refractivity contribution in [1.82, 2.24) is 9.36 Å². The van der Waals surface area contributed by atoms with E-state index in [1.807, 2.05) is 22.6 Å². The topological polar surface area (TPSA) is 25.8 Å². The van der Waals surface area contributed by atoms with Crippen molar-refractivity contribution in [3.05, 3.63) is 33.7 Å². The molecule has 0 fully saturated rings. The standard InChI is InChI=1S/C8H3F2IN2S/c9-4-2-1-3-5(10)6(4)7-12-8(11)13-14-7/h1-3H. The van der Waals surface area contributed by atoms with E-state index < -0.39 is 11.6 Å². The van der Waals surface area contributed by atoms with Crippen LogP contribution in [-0.4, -0.2) is 9.36 Å². The normalized spacial score (nSPS) is 10.5. The van der Waals surface area contributed by atoms with E-state index in [1.165, 1.54) is 18.2 Å². The van der Waals surface area contributed by atoms with Gasteiger partial charge in [-0.15, -0.1) is 0 Å². The molecule has 0 unspecified atom stereocenters. The predicted molar refractivity (Wildman–Crippen MR) is 58.0 cm³/mol. The van der Waals surface area contributed by atoms with E-state index in [0.717, 1.165) is 11.5 Å². The van der Waals surface area contributed by atoms with Gasteiger partial charge in [-0.25, -0.2) is 13.8 Å². The molecule has 1 aromatic heterocycles. The Morgan fingerprint density at radius 2 is 1.86 bits per heavy atom.